The monoisotopic (exact) mass is 696 g/mol. The zero-order chi connectivity index (χ0) is 34.2. The van der Waals surface area contributed by atoms with Gasteiger partial charge in [0.15, 0.2) is 0 Å². The normalized spacial score (nSPS) is 48.3. The van der Waals surface area contributed by atoms with Gasteiger partial charge in [0, 0.05) is 23.5 Å². The lowest BCUT2D eigenvalue weighted by Crippen LogP contribution is -2.69. The number of dihydropyridines is 1. The van der Waals surface area contributed by atoms with E-state index in [1.54, 1.807) is 5.57 Å². The van der Waals surface area contributed by atoms with Crippen LogP contribution in [0.5, 0.6) is 0 Å². The van der Waals surface area contributed by atoms with Crippen LogP contribution in [-0.4, -0.2) is 47.9 Å². The molecule has 11 aliphatic rings. The first kappa shape index (κ1) is 32.6. The van der Waals surface area contributed by atoms with E-state index >= 15 is 0 Å². The molecule has 2 saturated heterocycles. The second-order valence-corrected chi connectivity index (χ2v) is 18.5. The van der Waals surface area contributed by atoms with Crippen LogP contribution in [0.2, 0.25) is 0 Å². The highest BCUT2D eigenvalue weighted by atomic mass is 16.5. The van der Waals surface area contributed by atoms with Crippen molar-refractivity contribution in [3.05, 3.63) is 108 Å². The highest BCUT2D eigenvalue weighted by Crippen LogP contribution is 2.67. The minimum absolute atomic E-state index is 0.184. The summed E-state index contributed by atoms with van der Waals surface area (Å²) in [6.07, 6.45) is 56.2. The number of hydrogen-bond acceptors (Lipinski definition) is 4. The summed E-state index contributed by atoms with van der Waals surface area (Å²) in [5.41, 5.74) is 4.98. The zero-order valence-electron chi connectivity index (χ0n) is 31.1. The van der Waals surface area contributed by atoms with Crippen molar-refractivity contribution >= 4 is 0 Å². The summed E-state index contributed by atoms with van der Waals surface area (Å²) in [6, 6.07) is 0.754. The first-order valence-corrected chi connectivity index (χ1v) is 21.7. The summed E-state index contributed by atoms with van der Waals surface area (Å²) in [7, 11) is 0. The molecule has 0 radical (unpaired) electrons. The van der Waals surface area contributed by atoms with E-state index in [-0.39, 0.29) is 17.6 Å². The standard InChI is InChI=1S/C48H60N2O2/c1-2-11-31(12-3-1)32-13-10-14-33(27-32)34-21-23-40-46(28-34)51-44-19-8-5-16-38(44)48(40)39-17-6-9-20-45(39)52-47-29-35(22-24-41(47)48)50-42-18-7-4-15-36(42)37-25-26-49-30-43(37)50/h2,4-5,7-8,11,14-16,18-19,22,24-26,31-32,34-36,38-42,44-47,49H,1,3,6,9-10,12-13,17,20-21,23,27-30H2. The summed E-state index contributed by atoms with van der Waals surface area (Å²) in [5.74, 6) is 4.87. The van der Waals surface area contributed by atoms with Crippen molar-refractivity contribution in [2.45, 2.75) is 126 Å². The molecular weight excluding hydrogens is 637 g/mol. The molecule has 52 heavy (non-hydrogen) atoms. The molecule has 0 aromatic rings. The van der Waals surface area contributed by atoms with Crippen molar-refractivity contribution in [2.75, 3.05) is 6.54 Å². The van der Waals surface area contributed by atoms with E-state index in [0.717, 1.165) is 24.8 Å². The van der Waals surface area contributed by atoms with E-state index in [0.29, 0.717) is 59.8 Å². The Bertz CT molecular complexity index is 1690. The fourth-order valence-electron chi connectivity index (χ4n) is 14.5. The Labute approximate surface area is 312 Å². The third kappa shape index (κ3) is 5.05. The van der Waals surface area contributed by atoms with E-state index in [9.17, 15) is 0 Å². The summed E-state index contributed by atoms with van der Waals surface area (Å²) >= 11 is 0. The van der Waals surface area contributed by atoms with E-state index in [1.165, 1.54) is 94.7 Å². The predicted octanol–water partition coefficient (Wildman–Crippen LogP) is 9.68. The molecule has 4 heteroatoms. The zero-order valence-corrected chi connectivity index (χ0v) is 31.1. The fourth-order valence-corrected chi connectivity index (χ4v) is 14.5. The van der Waals surface area contributed by atoms with Gasteiger partial charge < -0.3 is 19.7 Å². The molecule has 0 aromatic heterocycles. The summed E-state index contributed by atoms with van der Waals surface area (Å²) < 4.78 is 14.9. The molecule has 274 valence electrons. The first-order chi connectivity index (χ1) is 25.8. The maximum absolute atomic E-state index is 7.48. The van der Waals surface area contributed by atoms with E-state index in [2.05, 4.69) is 101 Å². The van der Waals surface area contributed by atoms with Gasteiger partial charge in [-0.1, -0.05) is 97.4 Å². The largest absolute Gasteiger partial charge is 0.385 e. The highest BCUT2D eigenvalue weighted by Gasteiger charge is 2.67. The van der Waals surface area contributed by atoms with Gasteiger partial charge in [0.25, 0.3) is 0 Å². The van der Waals surface area contributed by atoms with Gasteiger partial charge in [0.2, 0.25) is 0 Å². The Morgan fingerprint density at radius 2 is 1.62 bits per heavy atom. The van der Waals surface area contributed by atoms with Gasteiger partial charge in [-0.2, -0.15) is 0 Å². The Morgan fingerprint density at radius 1 is 0.712 bits per heavy atom. The summed E-state index contributed by atoms with van der Waals surface area (Å²) in [6.45, 7) is 0.923. The SMILES string of the molecule is C1=CC2OC3CC(C4=CCCC(C5C=CCCC5)C4)CCC3C3(C2C=C1)C1C=CC(N2C4=C(C=CNC4)C4C=CC=CC42)CC1OC1CCCCC13. The van der Waals surface area contributed by atoms with Gasteiger partial charge in [0.1, 0.15) is 0 Å². The molecule has 7 aliphatic carbocycles. The molecule has 0 amide bonds. The van der Waals surface area contributed by atoms with Crippen LogP contribution in [0.1, 0.15) is 89.9 Å². The molecule has 1 N–H and O–H groups in total. The maximum Gasteiger partial charge on any atom is 0.0831 e. The number of nitrogens with zero attached hydrogens (tertiary/aromatic N) is 1. The highest BCUT2D eigenvalue weighted by molar-refractivity contribution is 5.45. The van der Waals surface area contributed by atoms with Crippen LogP contribution in [0.15, 0.2) is 108 Å². The van der Waals surface area contributed by atoms with Crippen LogP contribution in [-0.2, 0) is 9.47 Å². The number of hydrogen-bond donors (Lipinski definition) is 1. The van der Waals surface area contributed by atoms with Crippen molar-refractivity contribution in [3.63, 3.8) is 0 Å². The van der Waals surface area contributed by atoms with Crippen LogP contribution >= 0.6 is 0 Å². The summed E-state index contributed by atoms with van der Waals surface area (Å²) in [4.78, 5) is 2.78. The topological polar surface area (TPSA) is 33.7 Å². The molecule has 15 unspecified atom stereocenters. The smallest absolute Gasteiger partial charge is 0.0831 e. The van der Waals surface area contributed by atoms with Crippen molar-refractivity contribution < 1.29 is 9.47 Å². The average Bonchev–Trinajstić information content (AvgIpc) is 3.55. The van der Waals surface area contributed by atoms with Gasteiger partial charge in [-0.15, -0.1) is 0 Å². The van der Waals surface area contributed by atoms with Crippen LogP contribution in [0.3, 0.4) is 0 Å². The third-order valence-electron chi connectivity index (χ3n) is 16.4. The van der Waals surface area contributed by atoms with Gasteiger partial charge in [-0.25, -0.2) is 0 Å². The Balaban J connectivity index is 0.938. The van der Waals surface area contributed by atoms with Crippen molar-refractivity contribution in [3.8, 4) is 0 Å². The van der Waals surface area contributed by atoms with Crippen molar-refractivity contribution in [1.82, 2.24) is 10.2 Å². The second-order valence-electron chi connectivity index (χ2n) is 18.5. The minimum Gasteiger partial charge on any atom is -0.385 e. The number of nitrogens with one attached hydrogen (secondary N) is 1. The molecule has 11 rings (SSSR count). The minimum atomic E-state index is 0.184. The third-order valence-corrected chi connectivity index (χ3v) is 16.4. The van der Waals surface area contributed by atoms with Gasteiger partial charge in [0.05, 0.1) is 43.0 Å². The van der Waals surface area contributed by atoms with E-state index in [4.69, 9.17) is 9.47 Å². The maximum atomic E-state index is 7.48. The fraction of sp³-hybridized carbons (Fsp3) is 0.625. The first-order valence-electron chi connectivity index (χ1n) is 21.7. The number of ether oxygens (including phenoxy) is 2. The van der Waals surface area contributed by atoms with Crippen LogP contribution in [0.25, 0.3) is 0 Å². The average molecular weight is 697 g/mol. The molecular formula is C48H60N2O2. The number of rotatable bonds is 3. The number of allylic oxidation sites excluding steroid dienone is 9. The number of fused-ring (bicyclic) bond motifs is 10. The van der Waals surface area contributed by atoms with Crippen LogP contribution in [0.4, 0.5) is 0 Å². The van der Waals surface area contributed by atoms with Gasteiger partial charge >= 0.3 is 0 Å². The van der Waals surface area contributed by atoms with Gasteiger partial charge in [-0.05, 0) is 130 Å². The molecule has 4 fully saturated rings. The molecule has 1 spiro atoms. The Morgan fingerprint density at radius 3 is 2.58 bits per heavy atom. The lowest BCUT2D eigenvalue weighted by molar-refractivity contribution is -0.284. The van der Waals surface area contributed by atoms with Gasteiger partial charge in [-0.3, -0.25) is 0 Å². The quantitative estimate of drug-likeness (QED) is 0.298. The lowest BCUT2D eigenvalue weighted by atomic mass is 9.42. The lowest BCUT2D eigenvalue weighted by Gasteiger charge is -2.68. The Kier molecular flexibility index (Phi) is 8.27. The molecule has 4 heterocycles. The molecule has 0 bridgehead atoms. The van der Waals surface area contributed by atoms with Crippen LogP contribution < -0.4 is 5.32 Å². The summed E-state index contributed by atoms with van der Waals surface area (Å²) in [5, 5.41) is 3.56. The van der Waals surface area contributed by atoms with Crippen molar-refractivity contribution in [2.24, 2.45) is 52.8 Å². The molecule has 15 atom stereocenters. The molecule has 2 saturated carbocycles. The van der Waals surface area contributed by atoms with Crippen LogP contribution in [0, 0.1) is 52.8 Å². The predicted molar refractivity (Wildman–Crippen MR) is 209 cm³/mol. The molecule has 4 aliphatic heterocycles. The Hall–Kier alpha value is -2.82. The van der Waals surface area contributed by atoms with E-state index in [1.807, 2.05) is 0 Å². The molecule has 4 nitrogen and oxygen atoms in total. The van der Waals surface area contributed by atoms with E-state index < -0.39 is 0 Å². The molecule has 0 aromatic carbocycles. The van der Waals surface area contributed by atoms with Crippen molar-refractivity contribution in [1.29, 1.82) is 0 Å². The second kappa shape index (κ2) is 13.2.